The lowest BCUT2D eigenvalue weighted by Gasteiger charge is -2.53. The van der Waals surface area contributed by atoms with Gasteiger partial charge in [-0.05, 0) is 160 Å². The van der Waals surface area contributed by atoms with Crippen LogP contribution in [0.2, 0.25) is 0 Å². The minimum atomic E-state index is -5.60. The minimum Gasteiger partial charge on any atom is -0.410 e. The molecule has 0 radical (unpaired) electrons. The van der Waals surface area contributed by atoms with Gasteiger partial charge in [0.1, 0.15) is 5.75 Å². The number of alkyl halides is 5. The predicted molar refractivity (Wildman–Crippen MR) is 189 cm³/mol. The number of anilines is 1. The number of likely N-dealkylation sites (tertiary alicyclic amines) is 1. The number of nitrogens with zero attached hydrogens (tertiary/aromatic N) is 1. The Morgan fingerprint density at radius 3 is 2.41 bits per heavy atom. The van der Waals surface area contributed by atoms with E-state index in [2.05, 4.69) is 42.4 Å². The second-order valence-corrected chi connectivity index (χ2v) is 17.5. The zero-order valence-corrected chi connectivity index (χ0v) is 30.3. The number of rotatable bonds is 11. The van der Waals surface area contributed by atoms with E-state index in [1.165, 1.54) is 11.1 Å². The minimum absolute atomic E-state index is 0.171. The van der Waals surface area contributed by atoms with Crippen LogP contribution in [0.5, 0.6) is 5.75 Å². The van der Waals surface area contributed by atoms with Crippen molar-refractivity contribution in [2.45, 2.75) is 108 Å². The maximum atomic E-state index is 13.3. The average molecular weight is 739 g/mol. The lowest BCUT2D eigenvalue weighted by atomic mass is 9.52. The van der Waals surface area contributed by atoms with Crippen molar-refractivity contribution in [2.24, 2.45) is 23.2 Å². The molecule has 4 aliphatic rings. The van der Waals surface area contributed by atoms with Crippen LogP contribution in [0.3, 0.4) is 0 Å². The molecule has 1 saturated heterocycles. The van der Waals surface area contributed by atoms with Crippen LogP contribution in [0.4, 0.5) is 32.4 Å². The van der Waals surface area contributed by atoms with Gasteiger partial charge in [-0.3, -0.25) is 9.53 Å². The van der Waals surface area contributed by atoms with Crippen molar-refractivity contribution in [2.75, 3.05) is 37.0 Å². The first kappa shape index (κ1) is 38.2. The van der Waals surface area contributed by atoms with Crippen molar-refractivity contribution in [3.8, 4) is 5.75 Å². The number of benzene rings is 2. The number of piperidine rings is 1. The van der Waals surface area contributed by atoms with Crippen molar-refractivity contribution in [1.82, 2.24) is 4.90 Å². The Hall–Kier alpha value is -2.57. The molecule has 282 valence electrons. The lowest BCUT2D eigenvalue weighted by Crippen LogP contribution is -2.47. The van der Waals surface area contributed by atoms with Gasteiger partial charge in [0.15, 0.2) is 0 Å². The van der Waals surface area contributed by atoms with Crippen LogP contribution >= 0.6 is 0 Å². The number of carbonyl (C=O) groups is 1. The van der Waals surface area contributed by atoms with Gasteiger partial charge in [0.25, 0.3) is 0 Å². The zero-order valence-electron chi connectivity index (χ0n) is 29.5. The lowest BCUT2D eigenvalue weighted by molar-refractivity contribution is -0.284. The van der Waals surface area contributed by atoms with Crippen molar-refractivity contribution in [3.63, 3.8) is 0 Å². The molecule has 0 spiro atoms. The molecule has 2 aromatic carbocycles. The van der Waals surface area contributed by atoms with E-state index in [4.69, 9.17) is 4.74 Å². The molecule has 3 aliphatic carbocycles. The van der Waals surface area contributed by atoms with Crippen LogP contribution in [0.1, 0.15) is 99.7 Å². The van der Waals surface area contributed by atoms with Crippen LogP contribution in [0.25, 0.3) is 0 Å². The Labute approximate surface area is 300 Å². The van der Waals surface area contributed by atoms with Crippen LogP contribution in [-0.2, 0) is 17.2 Å². The highest BCUT2D eigenvalue weighted by Gasteiger charge is 2.57. The Bertz CT molecular complexity index is 1550. The van der Waals surface area contributed by atoms with Crippen LogP contribution in [0.15, 0.2) is 42.5 Å². The number of hydrogen-bond donors (Lipinski definition) is 2. The third-order valence-electron chi connectivity index (χ3n) is 12.6. The van der Waals surface area contributed by atoms with Gasteiger partial charge >= 0.3 is 18.2 Å². The molecule has 1 heterocycles. The van der Waals surface area contributed by atoms with E-state index in [1.54, 1.807) is 0 Å². The van der Waals surface area contributed by atoms with Gasteiger partial charge in [-0.25, -0.2) is 4.79 Å². The molecule has 6 rings (SSSR count). The molecule has 6 nitrogen and oxygen atoms in total. The number of amides is 1. The van der Waals surface area contributed by atoms with E-state index in [0.717, 1.165) is 70.0 Å². The summed E-state index contributed by atoms with van der Waals surface area (Å²) in [5, 5.41) is 13.8. The van der Waals surface area contributed by atoms with Crippen molar-refractivity contribution >= 4 is 22.6 Å². The summed E-state index contributed by atoms with van der Waals surface area (Å²) in [6, 6.07) is 13.8. The number of aliphatic hydroxyl groups excluding tert-OH is 1. The third kappa shape index (κ3) is 8.48. The number of ether oxygens (including phenoxy) is 1. The Morgan fingerprint density at radius 1 is 1.00 bits per heavy atom. The highest BCUT2D eigenvalue weighted by atomic mass is 32.2. The quantitative estimate of drug-likeness (QED) is 0.225. The fourth-order valence-corrected chi connectivity index (χ4v) is 10.9. The molecule has 0 bridgehead atoms. The first-order valence-electron chi connectivity index (χ1n) is 18.5. The number of fused-ring (bicyclic) bond motifs is 5. The molecule has 7 atom stereocenters. The second-order valence-electron chi connectivity index (χ2n) is 15.8. The summed E-state index contributed by atoms with van der Waals surface area (Å²) in [6.07, 6.45) is -0.565. The molecular weight excluding hydrogens is 687 g/mol. The highest BCUT2D eigenvalue weighted by Crippen LogP contribution is 2.62. The predicted octanol–water partition coefficient (Wildman–Crippen LogP) is 9.06. The summed E-state index contributed by atoms with van der Waals surface area (Å²) < 4.78 is 82.7. The normalized spacial score (nSPS) is 29.1. The zero-order chi connectivity index (χ0) is 36.6. The van der Waals surface area contributed by atoms with Gasteiger partial charge in [-0.2, -0.15) is 22.0 Å². The standard InChI is InChI=1S/C39H51F5N2O4S/c1-37-18-14-32-31-11-10-30(50-36(48)45-29-8-6-25(7-9-29)26-15-19-46(2)20-16-26)24-28(31)23-27(35(32)33(37)12-13-34(37)47)5-3-21-51(49)22-4-17-38(40,41)39(42,43)44/h6-11,24,26-27,32-35,47H,3-5,12-23H2,1-2H3,(H,45,48)/t27-,32-,33+,34+,35-,37+,51?/m1/s1. The molecule has 1 aliphatic heterocycles. The van der Waals surface area contributed by atoms with Gasteiger partial charge in [0.2, 0.25) is 0 Å². The van der Waals surface area contributed by atoms with E-state index in [-0.39, 0.29) is 34.9 Å². The molecule has 1 amide bonds. The first-order valence-corrected chi connectivity index (χ1v) is 20.0. The molecule has 12 heteroatoms. The molecule has 2 aromatic rings. The second kappa shape index (κ2) is 15.4. The van der Waals surface area contributed by atoms with Crippen molar-refractivity contribution < 1.29 is 40.8 Å². The summed E-state index contributed by atoms with van der Waals surface area (Å²) in [4.78, 5) is 15.3. The van der Waals surface area contributed by atoms with E-state index in [1.807, 2.05) is 24.3 Å². The smallest absolute Gasteiger partial charge is 0.410 e. The molecule has 3 fully saturated rings. The van der Waals surface area contributed by atoms with E-state index in [0.29, 0.717) is 35.6 Å². The van der Waals surface area contributed by atoms with Crippen molar-refractivity contribution in [3.05, 3.63) is 59.2 Å². The topological polar surface area (TPSA) is 78.9 Å². The summed E-state index contributed by atoms with van der Waals surface area (Å²) in [5.74, 6) is -2.66. The van der Waals surface area contributed by atoms with Gasteiger partial charge < -0.3 is 14.7 Å². The fourth-order valence-electron chi connectivity index (χ4n) is 9.72. The summed E-state index contributed by atoms with van der Waals surface area (Å²) in [6.45, 7) is 4.35. The largest absolute Gasteiger partial charge is 0.453 e. The van der Waals surface area contributed by atoms with Crippen LogP contribution in [0, 0.1) is 23.2 Å². The Morgan fingerprint density at radius 2 is 1.71 bits per heavy atom. The van der Waals surface area contributed by atoms with Gasteiger partial charge in [0, 0.05) is 34.4 Å². The Kier molecular flexibility index (Phi) is 11.5. The highest BCUT2D eigenvalue weighted by molar-refractivity contribution is 7.84. The number of hydrogen-bond acceptors (Lipinski definition) is 5. The van der Waals surface area contributed by atoms with Gasteiger partial charge in [-0.15, -0.1) is 0 Å². The van der Waals surface area contributed by atoms with Crippen LogP contribution < -0.4 is 10.1 Å². The molecule has 2 saturated carbocycles. The number of aliphatic hydroxyl groups is 1. The number of halogens is 5. The third-order valence-corrected chi connectivity index (χ3v) is 14.1. The molecular formula is C39H51F5N2O4S. The van der Waals surface area contributed by atoms with Gasteiger partial charge in [0.05, 0.1) is 6.10 Å². The number of carbonyl (C=O) groups excluding carboxylic acids is 1. The molecule has 1 unspecified atom stereocenters. The maximum absolute atomic E-state index is 13.3. The first-order chi connectivity index (χ1) is 24.1. The molecule has 2 N–H and O–H groups in total. The van der Waals surface area contributed by atoms with Crippen LogP contribution in [-0.4, -0.2) is 70.2 Å². The van der Waals surface area contributed by atoms with E-state index < -0.39 is 41.8 Å². The molecule has 51 heavy (non-hydrogen) atoms. The average Bonchev–Trinajstić information content (AvgIpc) is 3.38. The van der Waals surface area contributed by atoms with Crippen molar-refractivity contribution in [1.29, 1.82) is 0 Å². The number of nitrogens with one attached hydrogen (secondary N) is 1. The van der Waals surface area contributed by atoms with E-state index >= 15 is 0 Å². The molecule has 0 aromatic heterocycles. The van der Waals surface area contributed by atoms with E-state index in [9.17, 15) is 36.1 Å². The van der Waals surface area contributed by atoms with Gasteiger partial charge in [-0.1, -0.05) is 25.1 Å². The summed E-state index contributed by atoms with van der Waals surface area (Å²) in [5.41, 5.74) is 4.11. The maximum Gasteiger partial charge on any atom is 0.453 e. The summed E-state index contributed by atoms with van der Waals surface area (Å²) in [7, 11) is 0.642. The fraction of sp³-hybridized carbons (Fsp3) is 0.667. The Balaban J connectivity index is 1.09. The SMILES string of the molecule is CN1CCC(c2ccc(NC(=O)Oc3ccc4c(c3)C[C@@H](CCCS(=O)CCCC(F)(F)C(F)(F)F)[C@@H]3[C@@H]4CC[C@]4(C)[C@@H](O)CC[C@@H]34)cc2)CC1. The monoisotopic (exact) mass is 738 g/mol. The summed E-state index contributed by atoms with van der Waals surface area (Å²) >= 11 is 0.